The molecular weight excluding hydrogens is 470 g/mol. The molecule has 0 saturated carbocycles. The first kappa shape index (κ1) is 23.5. The maximum absolute atomic E-state index is 12.4. The van der Waals surface area contributed by atoms with E-state index < -0.39 is 0 Å². The Morgan fingerprint density at radius 2 is 1.82 bits per heavy atom. The van der Waals surface area contributed by atoms with Gasteiger partial charge in [0, 0.05) is 21.8 Å². The van der Waals surface area contributed by atoms with E-state index in [1.807, 2.05) is 78.2 Å². The molecule has 7 nitrogen and oxygen atoms in total. The first-order valence-corrected chi connectivity index (χ1v) is 11.8. The van der Waals surface area contributed by atoms with Gasteiger partial charge < -0.3 is 4.74 Å². The molecule has 0 bridgehead atoms. The van der Waals surface area contributed by atoms with Gasteiger partial charge in [0.05, 0.1) is 19.1 Å². The highest BCUT2D eigenvalue weighted by Crippen LogP contribution is 2.29. The topological polar surface area (TPSA) is 81.4 Å². The number of amides is 1. The van der Waals surface area contributed by atoms with Crippen molar-refractivity contribution in [3.63, 3.8) is 0 Å². The van der Waals surface area contributed by atoms with Crippen LogP contribution in [0.15, 0.2) is 83.1 Å². The zero-order valence-electron chi connectivity index (χ0n) is 18.6. The molecule has 34 heavy (non-hydrogen) atoms. The predicted molar refractivity (Wildman–Crippen MR) is 136 cm³/mol. The molecule has 4 rings (SSSR count). The Kier molecular flexibility index (Phi) is 7.61. The number of nitrogens with one attached hydrogen (secondary N) is 1. The third-order valence-corrected chi connectivity index (χ3v) is 6.18. The second-order valence-electron chi connectivity index (χ2n) is 7.31. The van der Waals surface area contributed by atoms with Crippen LogP contribution < -0.4 is 10.2 Å². The van der Waals surface area contributed by atoms with E-state index >= 15 is 0 Å². The Balaban J connectivity index is 1.53. The first-order chi connectivity index (χ1) is 16.5. The van der Waals surface area contributed by atoms with Crippen molar-refractivity contribution >= 4 is 35.5 Å². The summed E-state index contributed by atoms with van der Waals surface area (Å²) in [6.07, 6.45) is 1.52. The fraction of sp³-hybridized carbons (Fsp3) is 0.120. The van der Waals surface area contributed by atoms with Crippen LogP contribution in [-0.4, -0.2) is 39.7 Å². The van der Waals surface area contributed by atoms with E-state index in [1.54, 1.807) is 13.2 Å². The number of hydrazone groups is 1. The van der Waals surface area contributed by atoms with E-state index in [9.17, 15) is 4.79 Å². The summed E-state index contributed by atoms with van der Waals surface area (Å²) in [5, 5.41) is 13.9. The quantitative estimate of drug-likeness (QED) is 0.209. The normalized spacial score (nSPS) is 11.0. The third-order valence-electron chi connectivity index (χ3n) is 4.90. The number of hydrogen-bond donors (Lipinski definition) is 1. The molecule has 1 heterocycles. The summed E-state index contributed by atoms with van der Waals surface area (Å²) in [5.74, 6) is 1.28. The minimum atomic E-state index is -0.266. The zero-order valence-corrected chi connectivity index (χ0v) is 20.2. The van der Waals surface area contributed by atoms with Crippen molar-refractivity contribution in [1.29, 1.82) is 0 Å². The Morgan fingerprint density at radius 1 is 1.09 bits per heavy atom. The standard InChI is InChI=1S/C25H22ClN5O2S/c1-17-7-11-20(12-8-17)31-24(18-9-13-21(33-2)14-10-18)29-30-25(31)34-16-23(32)28-27-15-19-5-3-4-6-22(19)26/h3-15H,16H2,1-2H3,(H,28,32)/b27-15+. The van der Waals surface area contributed by atoms with Gasteiger partial charge in [-0.05, 0) is 49.4 Å². The van der Waals surface area contributed by atoms with Crippen molar-refractivity contribution in [2.45, 2.75) is 12.1 Å². The molecule has 0 aliphatic rings. The van der Waals surface area contributed by atoms with Crippen molar-refractivity contribution < 1.29 is 9.53 Å². The van der Waals surface area contributed by atoms with Crippen LogP contribution in [0.25, 0.3) is 17.1 Å². The lowest BCUT2D eigenvalue weighted by Crippen LogP contribution is -2.20. The number of halogens is 1. The molecule has 0 spiro atoms. The Morgan fingerprint density at radius 3 is 2.53 bits per heavy atom. The van der Waals surface area contributed by atoms with Crippen LogP contribution in [0.5, 0.6) is 5.75 Å². The number of thioether (sulfide) groups is 1. The number of hydrogen-bond acceptors (Lipinski definition) is 6. The molecule has 9 heteroatoms. The molecule has 0 saturated heterocycles. The van der Waals surface area contributed by atoms with Crippen LogP contribution in [0.3, 0.4) is 0 Å². The number of carbonyl (C=O) groups is 1. The second kappa shape index (κ2) is 11.0. The Hall–Kier alpha value is -3.62. The Labute approximate surface area is 206 Å². The van der Waals surface area contributed by atoms with Gasteiger partial charge in [0.2, 0.25) is 0 Å². The highest BCUT2D eigenvalue weighted by atomic mass is 35.5. The predicted octanol–water partition coefficient (Wildman–Crippen LogP) is 5.15. The number of carbonyl (C=O) groups excluding carboxylic acids is 1. The molecule has 0 unspecified atom stereocenters. The summed E-state index contributed by atoms with van der Waals surface area (Å²) in [7, 11) is 1.63. The van der Waals surface area contributed by atoms with E-state index in [2.05, 4.69) is 20.7 Å². The summed E-state index contributed by atoms with van der Waals surface area (Å²) >= 11 is 7.38. The van der Waals surface area contributed by atoms with Crippen molar-refractivity contribution in [3.05, 3.63) is 88.9 Å². The van der Waals surface area contributed by atoms with Crippen molar-refractivity contribution in [1.82, 2.24) is 20.2 Å². The number of methoxy groups -OCH3 is 1. The van der Waals surface area contributed by atoms with Crippen LogP contribution in [0.2, 0.25) is 5.02 Å². The van der Waals surface area contributed by atoms with Crippen LogP contribution in [0.4, 0.5) is 0 Å². The monoisotopic (exact) mass is 491 g/mol. The summed E-state index contributed by atoms with van der Waals surface area (Å²) in [6, 6.07) is 22.9. The van der Waals surface area contributed by atoms with Crippen molar-refractivity contribution in [2.75, 3.05) is 12.9 Å². The molecule has 1 N–H and O–H groups in total. The van der Waals surface area contributed by atoms with Crippen LogP contribution in [-0.2, 0) is 4.79 Å². The minimum Gasteiger partial charge on any atom is -0.497 e. The van der Waals surface area contributed by atoms with E-state index in [0.29, 0.717) is 16.0 Å². The summed E-state index contributed by atoms with van der Waals surface area (Å²) < 4.78 is 7.20. The highest BCUT2D eigenvalue weighted by Gasteiger charge is 2.17. The third kappa shape index (κ3) is 5.65. The van der Waals surface area contributed by atoms with Crippen LogP contribution >= 0.6 is 23.4 Å². The van der Waals surface area contributed by atoms with Gasteiger partial charge in [-0.15, -0.1) is 10.2 Å². The van der Waals surface area contributed by atoms with Gasteiger partial charge in [-0.3, -0.25) is 9.36 Å². The molecule has 3 aromatic carbocycles. The second-order valence-corrected chi connectivity index (χ2v) is 8.66. The van der Waals surface area contributed by atoms with Gasteiger partial charge >= 0.3 is 0 Å². The first-order valence-electron chi connectivity index (χ1n) is 10.4. The summed E-state index contributed by atoms with van der Waals surface area (Å²) in [5.41, 5.74) is 6.18. The molecule has 0 radical (unpaired) electrons. The molecule has 0 aliphatic carbocycles. The average molecular weight is 492 g/mol. The van der Waals surface area contributed by atoms with Crippen molar-refractivity contribution in [3.8, 4) is 22.8 Å². The van der Waals surface area contributed by atoms with Crippen LogP contribution in [0, 0.1) is 6.92 Å². The smallest absolute Gasteiger partial charge is 0.250 e. The largest absolute Gasteiger partial charge is 0.497 e. The fourth-order valence-electron chi connectivity index (χ4n) is 3.13. The van der Waals surface area contributed by atoms with E-state index in [4.69, 9.17) is 16.3 Å². The number of aryl methyl sites for hydroxylation is 1. The lowest BCUT2D eigenvalue weighted by molar-refractivity contribution is -0.118. The van der Waals surface area contributed by atoms with Gasteiger partial charge in [-0.2, -0.15) is 5.10 Å². The number of nitrogens with zero attached hydrogens (tertiary/aromatic N) is 4. The minimum absolute atomic E-state index is 0.118. The van der Waals surface area contributed by atoms with Gasteiger partial charge in [0.15, 0.2) is 11.0 Å². The van der Waals surface area contributed by atoms with Gasteiger partial charge in [0.1, 0.15) is 5.75 Å². The maximum atomic E-state index is 12.4. The molecule has 0 fully saturated rings. The van der Waals surface area contributed by atoms with Crippen molar-refractivity contribution in [2.24, 2.45) is 5.10 Å². The van der Waals surface area contributed by atoms with Gasteiger partial charge in [-0.25, -0.2) is 5.43 Å². The number of rotatable bonds is 8. The molecule has 4 aromatic rings. The van der Waals surface area contributed by atoms with E-state index in [0.717, 1.165) is 28.1 Å². The van der Waals surface area contributed by atoms with Crippen LogP contribution in [0.1, 0.15) is 11.1 Å². The molecule has 1 amide bonds. The fourth-order valence-corrected chi connectivity index (χ4v) is 4.06. The molecule has 1 aromatic heterocycles. The summed E-state index contributed by atoms with van der Waals surface area (Å²) in [6.45, 7) is 2.03. The van der Waals surface area contributed by atoms with E-state index in [1.165, 1.54) is 18.0 Å². The summed E-state index contributed by atoms with van der Waals surface area (Å²) in [4.78, 5) is 12.4. The molecule has 0 atom stereocenters. The van der Waals surface area contributed by atoms with Gasteiger partial charge in [0.25, 0.3) is 5.91 Å². The Bertz CT molecular complexity index is 1300. The highest BCUT2D eigenvalue weighted by molar-refractivity contribution is 7.99. The number of benzene rings is 3. The van der Waals surface area contributed by atoms with E-state index in [-0.39, 0.29) is 11.7 Å². The lowest BCUT2D eigenvalue weighted by atomic mass is 10.2. The average Bonchev–Trinajstić information content (AvgIpc) is 3.28. The number of aromatic nitrogens is 3. The molecule has 0 aliphatic heterocycles. The maximum Gasteiger partial charge on any atom is 0.250 e. The molecular formula is C25H22ClN5O2S. The molecule has 172 valence electrons. The SMILES string of the molecule is COc1ccc(-c2nnc(SCC(=O)N/N=C/c3ccccc3Cl)n2-c2ccc(C)cc2)cc1. The lowest BCUT2D eigenvalue weighted by Gasteiger charge is -2.11. The number of ether oxygens (including phenoxy) is 1. The zero-order chi connectivity index (χ0) is 23.9. The van der Waals surface area contributed by atoms with Gasteiger partial charge in [-0.1, -0.05) is 59.3 Å².